The Morgan fingerprint density at radius 3 is 2.83 bits per heavy atom. The van der Waals surface area contributed by atoms with Gasteiger partial charge in [-0.15, -0.1) is 27.8 Å². The number of carbonyl (C=O) groups is 1. The summed E-state index contributed by atoms with van der Waals surface area (Å²) in [6.07, 6.45) is 2.40. The zero-order valence-electron chi connectivity index (χ0n) is 12.7. The highest BCUT2D eigenvalue weighted by atomic mass is 32.1. The minimum Gasteiger partial charge on any atom is -0.328 e. The number of Topliss-reactive ketones (excluding diaryl/α,β-unsaturated/α-hetero) is 1. The van der Waals surface area contributed by atoms with Gasteiger partial charge >= 0.3 is 0 Å². The summed E-state index contributed by atoms with van der Waals surface area (Å²) in [6, 6.07) is 7.95. The summed E-state index contributed by atoms with van der Waals surface area (Å²) in [5.41, 5.74) is 1.88. The van der Waals surface area contributed by atoms with Crippen LogP contribution < -0.4 is 5.32 Å². The quantitative estimate of drug-likeness (QED) is 0.753. The predicted octanol–water partition coefficient (Wildman–Crippen LogP) is 4.09. The molecule has 120 valence electrons. The smallest absolute Gasteiger partial charge is 0.226 e. The van der Waals surface area contributed by atoms with Gasteiger partial charge in [0, 0.05) is 22.6 Å². The van der Waals surface area contributed by atoms with Crippen molar-refractivity contribution in [3.63, 3.8) is 0 Å². The first kappa shape index (κ1) is 14.1. The van der Waals surface area contributed by atoms with Gasteiger partial charge in [0.1, 0.15) is 6.04 Å². The van der Waals surface area contributed by atoms with Gasteiger partial charge in [-0.05, 0) is 35.7 Å². The van der Waals surface area contributed by atoms with Crippen molar-refractivity contribution in [1.82, 2.24) is 14.8 Å². The minimum absolute atomic E-state index is 0.162. The number of nitrogens with zero attached hydrogens (tertiary/aromatic N) is 3. The van der Waals surface area contributed by atoms with E-state index in [1.54, 1.807) is 22.7 Å². The summed E-state index contributed by atoms with van der Waals surface area (Å²) in [5.74, 6) is 1.66. The second-order valence-electron chi connectivity index (χ2n) is 5.89. The molecule has 2 aliphatic rings. The van der Waals surface area contributed by atoms with Crippen LogP contribution in [0.2, 0.25) is 0 Å². The molecule has 3 aromatic heterocycles. The number of hydrogen-bond donors (Lipinski definition) is 1. The zero-order valence-corrected chi connectivity index (χ0v) is 14.4. The van der Waals surface area contributed by atoms with Crippen molar-refractivity contribution in [1.29, 1.82) is 0 Å². The number of anilines is 1. The van der Waals surface area contributed by atoms with Crippen LogP contribution in [0, 0.1) is 0 Å². The van der Waals surface area contributed by atoms with E-state index in [1.807, 2.05) is 33.6 Å². The SMILES string of the molecule is O=C1CCCC2=C1C(c1cccs1)n1nc(-c3cccs3)nc1N2. The molecule has 0 amide bonds. The molecule has 7 heteroatoms. The molecule has 4 heterocycles. The molecule has 0 spiro atoms. The summed E-state index contributed by atoms with van der Waals surface area (Å²) in [7, 11) is 0. The first-order valence-corrected chi connectivity index (χ1v) is 9.64. The maximum absolute atomic E-state index is 12.6. The fourth-order valence-corrected chi connectivity index (χ4v) is 4.85. The Hall–Kier alpha value is -2.25. The van der Waals surface area contributed by atoms with E-state index in [1.165, 1.54) is 0 Å². The molecule has 5 rings (SSSR count). The Kier molecular flexibility index (Phi) is 3.17. The highest BCUT2D eigenvalue weighted by molar-refractivity contribution is 7.13. The van der Waals surface area contributed by atoms with E-state index in [0.29, 0.717) is 12.2 Å². The molecule has 1 unspecified atom stereocenters. The Morgan fingerprint density at radius 2 is 2.04 bits per heavy atom. The number of fused-ring (bicyclic) bond motifs is 1. The third-order valence-corrected chi connectivity index (χ3v) is 6.21. The van der Waals surface area contributed by atoms with Crippen molar-refractivity contribution in [3.8, 4) is 10.7 Å². The van der Waals surface area contributed by atoms with E-state index < -0.39 is 0 Å². The van der Waals surface area contributed by atoms with Crippen LogP contribution in [-0.2, 0) is 4.79 Å². The van der Waals surface area contributed by atoms with Gasteiger partial charge in [-0.3, -0.25) is 4.79 Å². The van der Waals surface area contributed by atoms with E-state index in [0.717, 1.165) is 39.8 Å². The summed E-state index contributed by atoms with van der Waals surface area (Å²) >= 11 is 3.28. The van der Waals surface area contributed by atoms with E-state index >= 15 is 0 Å². The highest BCUT2D eigenvalue weighted by Crippen LogP contribution is 2.42. The van der Waals surface area contributed by atoms with Gasteiger partial charge in [-0.1, -0.05) is 12.1 Å². The van der Waals surface area contributed by atoms with Crippen LogP contribution in [0.25, 0.3) is 10.7 Å². The minimum atomic E-state index is -0.162. The third kappa shape index (κ3) is 2.08. The molecule has 1 N–H and O–H groups in total. The Balaban J connectivity index is 1.70. The molecule has 1 atom stereocenters. The average molecular weight is 354 g/mol. The number of carbonyl (C=O) groups excluding carboxylic acids is 1. The van der Waals surface area contributed by atoms with Crippen molar-refractivity contribution in [2.75, 3.05) is 5.32 Å². The van der Waals surface area contributed by atoms with Crippen LogP contribution in [0.15, 0.2) is 46.3 Å². The summed E-state index contributed by atoms with van der Waals surface area (Å²) < 4.78 is 1.88. The molecule has 1 aliphatic carbocycles. The normalized spacial score (nSPS) is 19.8. The standard InChI is InChI=1S/C17H14N4OS2/c22-11-5-1-4-10-14(11)15(12-6-2-8-23-12)21-17(18-10)19-16(20-21)13-7-3-9-24-13/h2-3,6-9,15H,1,4-5H2,(H,18,19,20). The number of nitrogens with one attached hydrogen (secondary N) is 1. The molecule has 5 nitrogen and oxygen atoms in total. The summed E-state index contributed by atoms with van der Waals surface area (Å²) in [4.78, 5) is 19.5. The van der Waals surface area contributed by atoms with Gasteiger partial charge in [0.25, 0.3) is 0 Å². The van der Waals surface area contributed by atoms with E-state index in [9.17, 15) is 4.79 Å². The highest BCUT2D eigenvalue weighted by Gasteiger charge is 2.37. The zero-order chi connectivity index (χ0) is 16.1. The van der Waals surface area contributed by atoms with E-state index in [-0.39, 0.29) is 11.8 Å². The van der Waals surface area contributed by atoms with E-state index in [4.69, 9.17) is 5.10 Å². The average Bonchev–Trinajstić information content (AvgIpc) is 3.32. The van der Waals surface area contributed by atoms with Crippen LogP contribution in [0.4, 0.5) is 5.95 Å². The lowest BCUT2D eigenvalue weighted by molar-refractivity contribution is -0.116. The van der Waals surface area contributed by atoms with Crippen molar-refractivity contribution in [2.45, 2.75) is 25.3 Å². The number of ketones is 1. The molecular weight excluding hydrogens is 340 g/mol. The van der Waals surface area contributed by atoms with Crippen LogP contribution in [0.1, 0.15) is 30.2 Å². The monoisotopic (exact) mass is 354 g/mol. The van der Waals surface area contributed by atoms with Crippen molar-refractivity contribution < 1.29 is 4.79 Å². The number of hydrogen-bond acceptors (Lipinski definition) is 6. The second-order valence-corrected chi connectivity index (χ2v) is 7.82. The van der Waals surface area contributed by atoms with E-state index in [2.05, 4.69) is 16.4 Å². The van der Waals surface area contributed by atoms with Crippen molar-refractivity contribution in [3.05, 3.63) is 51.2 Å². The van der Waals surface area contributed by atoms with Crippen molar-refractivity contribution in [2.24, 2.45) is 0 Å². The second kappa shape index (κ2) is 5.39. The van der Waals surface area contributed by atoms with Crippen LogP contribution in [0.5, 0.6) is 0 Å². The fourth-order valence-electron chi connectivity index (χ4n) is 3.38. The Labute approximate surface area is 146 Å². The van der Waals surface area contributed by atoms with Gasteiger partial charge in [0.15, 0.2) is 11.6 Å². The number of allylic oxidation sites excluding steroid dienone is 2. The van der Waals surface area contributed by atoms with Gasteiger partial charge < -0.3 is 5.32 Å². The molecule has 0 bridgehead atoms. The topological polar surface area (TPSA) is 59.8 Å². The molecule has 24 heavy (non-hydrogen) atoms. The lowest BCUT2D eigenvalue weighted by Gasteiger charge is -2.31. The molecule has 0 radical (unpaired) electrons. The molecule has 0 fully saturated rings. The van der Waals surface area contributed by atoms with Gasteiger partial charge in [-0.2, -0.15) is 4.98 Å². The molecule has 1 aliphatic heterocycles. The maximum Gasteiger partial charge on any atom is 0.226 e. The lowest BCUT2D eigenvalue weighted by atomic mass is 9.88. The number of rotatable bonds is 2. The number of aromatic nitrogens is 3. The lowest BCUT2D eigenvalue weighted by Crippen LogP contribution is -2.31. The summed E-state index contributed by atoms with van der Waals surface area (Å²) in [6.45, 7) is 0. The van der Waals surface area contributed by atoms with Crippen LogP contribution in [-0.4, -0.2) is 20.5 Å². The van der Waals surface area contributed by atoms with Crippen molar-refractivity contribution >= 4 is 34.4 Å². The molecule has 0 saturated carbocycles. The largest absolute Gasteiger partial charge is 0.328 e. The Bertz CT molecular complexity index is 938. The van der Waals surface area contributed by atoms with Crippen LogP contribution >= 0.6 is 22.7 Å². The first-order chi connectivity index (χ1) is 11.8. The molecule has 3 aromatic rings. The third-order valence-electron chi connectivity index (χ3n) is 4.42. The fraction of sp³-hybridized carbons (Fsp3) is 0.235. The molecule has 0 aromatic carbocycles. The van der Waals surface area contributed by atoms with Gasteiger partial charge in [-0.25, -0.2) is 4.68 Å². The molecule has 0 saturated heterocycles. The maximum atomic E-state index is 12.6. The van der Waals surface area contributed by atoms with Gasteiger partial charge in [0.2, 0.25) is 5.95 Å². The molecular formula is C17H14N4OS2. The summed E-state index contributed by atoms with van der Waals surface area (Å²) in [5, 5.41) is 12.2. The number of thiophene rings is 2. The van der Waals surface area contributed by atoms with Crippen LogP contribution in [0.3, 0.4) is 0 Å². The van der Waals surface area contributed by atoms with Gasteiger partial charge in [0.05, 0.1) is 4.88 Å². The Morgan fingerprint density at radius 1 is 1.17 bits per heavy atom. The predicted molar refractivity (Wildman–Crippen MR) is 95.3 cm³/mol. The first-order valence-electron chi connectivity index (χ1n) is 7.88.